The van der Waals surface area contributed by atoms with Gasteiger partial charge in [-0.15, -0.1) is 0 Å². The van der Waals surface area contributed by atoms with Crippen LogP contribution in [0.15, 0.2) is 24.3 Å². The maximum atomic E-state index is 12.1. The predicted molar refractivity (Wildman–Crippen MR) is 101 cm³/mol. The largest absolute Gasteiger partial charge is 0.452 e. The van der Waals surface area contributed by atoms with E-state index in [-0.39, 0.29) is 12.5 Å². The molecule has 1 fully saturated rings. The number of morpholine rings is 1. The van der Waals surface area contributed by atoms with Crippen molar-refractivity contribution in [3.8, 4) is 0 Å². The summed E-state index contributed by atoms with van der Waals surface area (Å²) < 4.78 is 10.1. The third-order valence-electron chi connectivity index (χ3n) is 3.86. The second-order valence-corrected chi connectivity index (χ2v) is 6.69. The van der Waals surface area contributed by atoms with Gasteiger partial charge in [0, 0.05) is 36.3 Å². The molecular weight excluding hydrogens is 395 g/mol. The van der Waals surface area contributed by atoms with E-state index in [9.17, 15) is 14.4 Å². The number of rotatable bonds is 6. The molecule has 9 heteroatoms. The molecule has 2 amide bonds. The maximum Gasteiger partial charge on any atom is 0.331 e. The number of carbonyl (C=O) groups excluding carboxylic acids is 3. The van der Waals surface area contributed by atoms with Crippen LogP contribution < -0.4 is 0 Å². The van der Waals surface area contributed by atoms with E-state index in [1.807, 2.05) is 0 Å². The fourth-order valence-corrected chi connectivity index (χ4v) is 2.76. The van der Waals surface area contributed by atoms with Crippen LogP contribution in [0, 0.1) is 0 Å². The van der Waals surface area contributed by atoms with E-state index in [4.69, 9.17) is 32.7 Å². The predicted octanol–water partition coefficient (Wildman–Crippen LogP) is 1.87. The number of halogens is 2. The number of nitrogens with zero attached hydrogens (tertiary/aromatic N) is 2. The smallest absolute Gasteiger partial charge is 0.331 e. The van der Waals surface area contributed by atoms with Gasteiger partial charge in [0.2, 0.25) is 5.91 Å². The van der Waals surface area contributed by atoms with Gasteiger partial charge in [0.1, 0.15) is 0 Å². The van der Waals surface area contributed by atoms with Crippen molar-refractivity contribution in [2.75, 3.05) is 46.5 Å². The number of amides is 2. The van der Waals surface area contributed by atoms with Crippen LogP contribution in [-0.2, 0) is 23.9 Å². The van der Waals surface area contributed by atoms with E-state index in [0.717, 1.165) is 0 Å². The SMILES string of the molecule is CN(CC(=O)N1CCOCC1)C(=O)COC(=O)/C=C/c1ccc(Cl)cc1Cl. The lowest BCUT2D eigenvalue weighted by Crippen LogP contribution is -2.46. The minimum Gasteiger partial charge on any atom is -0.452 e. The summed E-state index contributed by atoms with van der Waals surface area (Å²) >= 11 is 11.8. The molecule has 27 heavy (non-hydrogen) atoms. The molecule has 0 bridgehead atoms. The Balaban J connectivity index is 1.77. The lowest BCUT2D eigenvalue weighted by Gasteiger charge is -2.28. The Hall–Kier alpha value is -2.09. The van der Waals surface area contributed by atoms with Gasteiger partial charge in [0.25, 0.3) is 5.91 Å². The Kier molecular flexibility index (Phi) is 8.09. The van der Waals surface area contributed by atoms with E-state index in [2.05, 4.69) is 0 Å². The topological polar surface area (TPSA) is 76.2 Å². The number of carbonyl (C=O) groups is 3. The molecule has 7 nitrogen and oxygen atoms in total. The number of benzene rings is 1. The van der Waals surface area contributed by atoms with Crippen LogP contribution in [0.25, 0.3) is 6.08 Å². The van der Waals surface area contributed by atoms with Crippen LogP contribution in [0.1, 0.15) is 5.56 Å². The van der Waals surface area contributed by atoms with Crippen molar-refractivity contribution < 1.29 is 23.9 Å². The standard InChI is InChI=1S/C18H20Cl2N2O5/c1-21(11-16(23)22-6-8-26-9-7-22)17(24)12-27-18(25)5-3-13-2-4-14(19)10-15(13)20/h2-5,10H,6-9,11-12H2,1H3/b5-3+. The second kappa shape index (κ2) is 10.3. The molecular formula is C18H20Cl2N2O5. The van der Waals surface area contributed by atoms with Crippen LogP contribution in [-0.4, -0.2) is 74.1 Å². The first kappa shape index (κ1) is 21.2. The molecule has 0 N–H and O–H groups in total. The molecule has 0 radical (unpaired) electrons. The summed E-state index contributed by atoms with van der Waals surface area (Å²) in [6.07, 6.45) is 2.64. The van der Waals surface area contributed by atoms with Gasteiger partial charge in [-0.1, -0.05) is 29.3 Å². The molecule has 0 saturated carbocycles. The minimum absolute atomic E-state index is 0.0768. The number of hydrogen-bond acceptors (Lipinski definition) is 5. The van der Waals surface area contributed by atoms with Crippen molar-refractivity contribution in [3.05, 3.63) is 39.9 Å². The highest BCUT2D eigenvalue weighted by Crippen LogP contribution is 2.21. The molecule has 0 unspecified atom stereocenters. The van der Waals surface area contributed by atoms with Crippen LogP contribution in [0.3, 0.4) is 0 Å². The summed E-state index contributed by atoms with van der Waals surface area (Å²) in [6, 6.07) is 4.85. The Labute approximate surface area is 167 Å². The highest BCUT2D eigenvalue weighted by molar-refractivity contribution is 6.35. The lowest BCUT2D eigenvalue weighted by molar-refractivity contribution is -0.149. The maximum absolute atomic E-state index is 12.1. The van der Waals surface area contributed by atoms with Crippen molar-refractivity contribution in [3.63, 3.8) is 0 Å². The normalized spacial score (nSPS) is 14.3. The summed E-state index contributed by atoms with van der Waals surface area (Å²) in [4.78, 5) is 38.7. The zero-order valence-electron chi connectivity index (χ0n) is 14.8. The van der Waals surface area contributed by atoms with Gasteiger partial charge in [-0.2, -0.15) is 0 Å². The summed E-state index contributed by atoms with van der Waals surface area (Å²) in [5.41, 5.74) is 0.595. The second-order valence-electron chi connectivity index (χ2n) is 5.85. The van der Waals surface area contributed by atoms with Gasteiger partial charge in [-0.25, -0.2) is 4.79 Å². The third-order valence-corrected chi connectivity index (χ3v) is 4.42. The Morgan fingerprint density at radius 1 is 1.26 bits per heavy atom. The van der Waals surface area contributed by atoms with Crippen LogP contribution in [0.2, 0.25) is 10.0 Å². The highest BCUT2D eigenvalue weighted by atomic mass is 35.5. The summed E-state index contributed by atoms with van der Waals surface area (Å²) in [6.45, 7) is 1.47. The fraction of sp³-hybridized carbons (Fsp3) is 0.389. The summed E-state index contributed by atoms with van der Waals surface area (Å²) in [5.74, 6) is -1.33. The Bertz CT molecular complexity index is 732. The van der Waals surface area contributed by atoms with Crippen molar-refractivity contribution >= 4 is 47.1 Å². The Morgan fingerprint density at radius 3 is 2.63 bits per heavy atom. The molecule has 2 rings (SSSR count). The molecule has 1 aromatic carbocycles. The molecule has 0 spiro atoms. The van der Waals surface area contributed by atoms with Crippen molar-refractivity contribution in [1.82, 2.24) is 9.80 Å². The average molecular weight is 415 g/mol. The molecule has 0 aromatic heterocycles. The van der Waals surface area contributed by atoms with E-state index in [0.29, 0.717) is 41.9 Å². The van der Waals surface area contributed by atoms with E-state index < -0.39 is 18.5 Å². The third kappa shape index (κ3) is 6.86. The molecule has 0 atom stereocenters. The van der Waals surface area contributed by atoms with E-state index >= 15 is 0 Å². The van der Waals surface area contributed by atoms with E-state index in [1.54, 1.807) is 23.1 Å². The molecule has 1 aromatic rings. The van der Waals surface area contributed by atoms with Gasteiger partial charge in [-0.3, -0.25) is 9.59 Å². The van der Waals surface area contributed by atoms with E-state index in [1.165, 1.54) is 24.1 Å². The molecule has 1 aliphatic rings. The molecule has 146 valence electrons. The quantitative estimate of drug-likeness (QED) is 0.524. The first-order valence-corrected chi connectivity index (χ1v) is 9.02. The fourth-order valence-electron chi connectivity index (χ4n) is 2.29. The number of ether oxygens (including phenoxy) is 2. The van der Waals surface area contributed by atoms with Crippen LogP contribution in [0.4, 0.5) is 0 Å². The molecule has 0 aliphatic carbocycles. The zero-order chi connectivity index (χ0) is 19.8. The molecule has 1 heterocycles. The average Bonchev–Trinajstić information content (AvgIpc) is 2.66. The van der Waals surface area contributed by atoms with Gasteiger partial charge in [0.15, 0.2) is 6.61 Å². The summed E-state index contributed by atoms with van der Waals surface area (Å²) in [7, 11) is 1.48. The number of esters is 1. The van der Waals surface area contributed by atoms with Gasteiger partial charge >= 0.3 is 5.97 Å². The van der Waals surface area contributed by atoms with Crippen LogP contribution in [0.5, 0.6) is 0 Å². The number of likely N-dealkylation sites (N-methyl/N-ethyl adjacent to an activating group) is 1. The van der Waals surface area contributed by atoms with Gasteiger partial charge in [-0.05, 0) is 23.8 Å². The first-order chi connectivity index (χ1) is 12.9. The molecule has 1 saturated heterocycles. The van der Waals surface area contributed by atoms with Crippen molar-refractivity contribution in [2.24, 2.45) is 0 Å². The Morgan fingerprint density at radius 2 is 1.96 bits per heavy atom. The number of hydrogen-bond donors (Lipinski definition) is 0. The highest BCUT2D eigenvalue weighted by Gasteiger charge is 2.20. The van der Waals surface area contributed by atoms with Crippen LogP contribution >= 0.6 is 23.2 Å². The van der Waals surface area contributed by atoms with Crippen molar-refractivity contribution in [2.45, 2.75) is 0 Å². The molecule has 1 aliphatic heterocycles. The minimum atomic E-state index is -0.692. The zero-order valence-corrected chi connectivity index (χ0v) is 16.3. The summed E-state index contributed by atoms with van der Waals surface area (Å²) in [5, 5.41) is 0.879. The van der Waals surface area contributed by atoms with Crippen molar-refractivity contribution in [1.29, 1.82) is 0 Å². The first-order valence-electron chi connectivity index (χ1n) is 8.26. The van der Waals surface area contributed by atoms with Gasteiger partial charge < -0.3 is 19.3 Å². The lowest BCUT2D eigenvalue weighted by atomic mass is 10.2. The van der Waals surface area contributed by atoms with Gasteiger partial charge in [0.05, 0.1) is 19.8 Å². The monoisotopic (exact) mass is 414 g/mol.